The molecule has 0 unspecified atom stereocenters. The standard InChI is InChI=1S/C17H22N6O3/c1-2-22-9-13(15(19-22)11-3-4-11)16(24)21-7-5-12(6-8-21)23-10-14(17(25)26)18-20-23/h9-12H,2-8H2,1H3,(H,25,26). The third-order valence-electron chi connectivity index (χ3n) is 5.16. The minimum atomic E-state index is -1.08. The van der Waals surface area contributed by atoms with Gasteiger partial charge in [0, 0.05) is 31.7 Å². The van der Waals surface area contributed by atoms with Gasteiger partial charge in [-0.05, 0) is 32.6 Å². The second-order valence-electron chi connectivity index (χ2n) is 6.97. The maximum Gasteiger partial charge on any atom is 0.358 e. The lowest BCUT2D eigenvalue weighted by Crippen LogP contribution is -2.39. The number of aromatic carboxylic acids is 1. The Hall–Kier alpha value is -2.71. The molecule has 2 aromatic heterocycles. The van der Waals surface area contributed by atoms with Crippen LogP contribution in [0.15, 0.2) is 12.4 Å². The molecule has 1 aliphatic heterocycles. The van der Waals surface area contributed by atoms with Crippen molar-refractivity contribution in [2.24, 2.45) is 0 Å². The van der Waals surface area contributed by atoms with Gasteiger partial charge >= 0.3 is 5.97 Å². The predicted molar refractivity (Wildman–Crippen MR) is 91.0 cm³/mol. The van der Waals surface area contributed by atoms with E-state index < -0.39 is 5.97 Å². The van der Waals surface area contributed by atoms with Gasteiger partial charge in [-0.25, -0.2) is 9.48 Å². The summed E-state index contributed by atoms with van der Waals surface area (Å²) in [6.45, 7) is 4.01. The van der Waals surface area contributed by atoms with Crippen molar-refractivity contribution in [1.82, 2.24) is 29.7 Å². The lowest BCUT2D eigenvalue weighted by atomic mass is 10.0. The quantitative estimate of drug-likeness (QED) is 0.869. The van der Waals surface area contributed by atoms with E-state index in [0.29, 0.717) is 19.0 Å². The molecule has 4 rings (SSSR count). The van der Waals surface area contributed by atoms with E-state index >= 15 is 0 Å². The maximum absolute atomic E-state index is 13.0. The summed E-state index contributed by atoms with van der Waals surface area (Å²) in [5, 5.41) is 21.1. The van der Waals surface area contributed by atoms with Crippen LogP contribution in [0.1, 0.15) is 71.1 Å². The molecule has 0 aromatic carbocycles. The van der Waals surface area contributed by atoms with Crippen LogP contribution >= 0.6 is 0 Å². The van der Waals surface area contributed by atoms with Crippen LogP contribution in [0.2, 0.25) is 0 Å². The van der Waals surface area contributed by atoms with Crippen LogP contribution in [0.5, 0.6) is 0 Å². The molecule has 26 heavy (non-hydrogen) atoms. The van der Waals surface area contributed by atoms with Crippen molar-refractivity contribution >= 4 is 11.9 Å². The molecule has 0 spiro atoms. The Bertz CT molecular complexity index is 829. The summed E-state index contributed by atoms with van der Waals surface area (Å²) in [5.41, 5.74) is 1.63. The van der Waals surface area contributed by atoms with Crippen molar-refractivity contribution in [2.75, 3.05) is 13.1 Å². The Labute approximate surface area is 150 Å². The number of carbonyl (C=O) groups is 2. The van der Waals surface area contributed by atoms with Gasteiger partial charge in [0.1, 0.15) is 0 Å². The molecule has 1 N–H and O–H groups in total. The van der Waals surface area contributed by atoms with E-state index in [4.69, 9.17) is 5.11 Å². The Kier molecular flexibility index (Phi) is 4.21. The number of hydrogen-bond donors (Lipinski definition) is 1. The third kappa shape index (κ3) is 3.09. The Balaban J connectivity index is 1.43. The fourth-order valence-corrected chi connectivity index (χ4v) is 3.48. The number of piperidine rings is 1. The van der Waals surface area contributed by atoms with E-state index in [9.17, 15) is 9.59 Å². The van der Waals surface area contributed by atoms with Gasteiger partial charge in [0.25, 0.3) is 5.91 Å². The number of carboxylic acid groups (broad SMARTS) is 1. The van der Waals surface area contributed by atoms with E-state index in [1.807, 2.05) is 22.7 Å². The maximum atomic E-state index is 13.0. The molecule has 9 heteroatoms. The topological polar surface area (TPSA) is 106 Å². The van der Waals surface area contributed by atoms with Crippen molar-refractivity contribution in [2.45, 2.75) is 51.1 Å². The zero-order valence-electron chi connectivity index (χ0n) is 14.7. The second-order valence-corrected chi connectivity index (χ2v) is 6.97. The molecule has 1 aliphatic carbocycles. The van der Waals surface area contributed by atoms with Crippen LogP contribution in [0, 0.1) is 0 Å². The summed E-state index contributed by atoms with van der Waals surface area (Å²) in [5.74, 6) is -0.594. The smallest absolute Gasteiger partial charge is 0.358 e. The van der Waals surface area contributed by atoms with E-state index in [0.717, 1.165) is 43.5 Å². The lowest BCUT2D eigenvalue weighted by Gasteiger charge is -2.31. The largest absolute Gasteiger partial charge is 0.476 e. The average Bonchev–Trinajstić information content (AvgIpc) is 3.22. The molecule has 2 aromatic rings. The first kappa shape index (κ1) is 16.7. The van der Waals surface area contributed by atoms with Crippen molar-refractivity contribution in [3.63, 3.8) is 0 Å². The van der Waals surface area contributed by atoms with Gasteiger partial charge in [0.2, 0.25) is 0 Å². The molecular formula is C17H22N6O3. The first-order chi connectivity index (χ1) is 12.6. The van der Waals surface area contributed by atoms with Crippen molar-refractivity contribution in [1.29, 1.82) is 0 Å². The molecular weight excluding hydrogens is 336 g/mol. The van der Waals surface area contributed by atoms with Gasteiger partial charge in [0.05, 0.1) is 23.5 Å². The molecule has 138 valence electrons. The van der Waals surface area contributed by atoms with Crippen LogP contribution in [-0.2, 0) is 6.54 Å². The highest BCUT2D eigenvalue weighted by Crippen LogP contribution is 2.41. The highest BCUT2D eigenvalue weighted by atomic mass is 16.4. The van der Waals surface area contributed by atoms with E-state index in [1.165, 1.54) is 6.20 Å². The van der Waals surface area contributed by atoms with Crippen LogP contribution in [0.25, 0.3) is 0 Å². The van der Waals surface area contributed by atoms with Crippen molar-refractivity contribution < 1.29 is 14.7 Å². The van der Waals surface area contributed by atoms with Crippen LogP contribution in [0.4, 0.5) is 0 Å². The van der Waals surface area contributed by atoms with Gasteiger partial charge in [-0.15, -0.1) is 5.10 Å². The van der Waals surface area contributed by atoms with Crippen LogP contribution < -0.4 is 0 Å². The van der Waals surface area contributed by atoms with Crippen molar-refractivity contribution in [3.05, 3.63) is 29.3 Å². The Morgan fingerprint density at radius 3 is 2.50 bits per heavy atom. The van der Waals surface area contributed by atoms with E-state index in [2.05, 4.69) is 15.4 Å². The highest BCUT2D eigenvalue weighted by Gasteiger charge is 2.34. The minimum absolute atomic E-state index is 0.0508. The fraction of sp³-hybridized carbons (Fsp3) is 0.588. The predicted octanol–water partition coefficient (Wildman–Crippen LogP) is 1.55. The normalized spacial score (nSPS) is 18.3. The van der Waals surface area contributed by atoms with Gasteiger partial charge in [-0.3, -0.25) is 9.48 Å². The summed E-state index contributed by atoms with van der Waals surface area (Å²) in [4.78, 5) is 25.8. The van der Waals surface area contributed by atoms with Gasteiger partial charge in [-0.1, -0.05) is 5.21 Å². The first-order valence-electron chi connectivity index (χ1n) is 9.08. The number of amides is 1. The first-order valence-corrected chi connectivity index (χ1v) is 9.08. The van der Waals surface area contributed by atoms with E-state index in [-0.39, 0.29) is 17.6 Å². The monoisotopic (exact) mass is 358 g/mol. The summed E-state index contributed by atoms with van der Waals surface area (Å²) >= 11 is 0. The number of nitrogens with zero attached hydrogens (tertiary/aromatic N) is 6. The number of aromatic nitrogens is 5. The molecule has 0 atom stereocenters. The van der Waals surface area contributed by atoms with E-state index in [1.54, 1.807) is 4.68 Å². The van der Waals surface area contributed by atoms with Gasteiger partial charge in [-0.2, -0.15) is 5.10 Å². The van der Waals surface area contributed by atoms with Crippen LogP contribution in [0.3, 0.4) is 0 Å². The number of likely N-dealkylation sites (tertiary alicyclic amines) is 1. The fourth-order valence-electron chi connectivity index (χ4n) is 3.48. The van der Waals surface area contributed by atoms with Gasteiger partial charge in [0.15, 0.2) is 5.69 Å². The third-order valence-corrected chi connectivity index (χ3v) is 5.16. The van der Waals surface area contributed by atoms with Crippen molar-refractivity contribution in [3.8, 4) is 0 Å². The number of rotatable bonds is 5. The summed E-state index contributed by atoms with van der Waals surface area (Å²) in [6, 6.07) is 0.0703. The minimum Gasteiger partial charge on any atom is -0.476 e. The summed E-state index contributed by atoms with van der Waals surface area (Å²) in [6.07, 6.45) is 7.02. The summed E-state index contributed by atoms with van der Waals surface area (Å²) < 4.78 is 3.45. The molecule has 1 amide bonds. The van der Waals surface area contributed by atoms with Gasteiger partial charge < -0.3 is 10.0 Å². The molecule has 0 bridgehead atoms. The lowest BCUT2D eigenvalue weighted by molar-refractivity contribution is 0.0683. The second kappa shape index (κ2) is 6.54. The number of carbonyl (C=O) groups excluding carboxylic acids is 1. The summed E-state index contributed by atoms with van der Waals surface area (Å²) in [7, 11) is 0. The Morgan fingerprint density at radius 1 is 1.19 bits per heavy atom. The zero-order valence-corrected chi connectivity index (χ0v) is 14.7. The molecule has 1 saturated carbocycles. The molecule has 1 saturated heterocycles. The molecule has 2 aliphatic rings. The molecule has 0 radical (unpaired) electrons. The zero-order chi connectivity index (χ0) is 18.3. The molecule has 3 heterocycles. The average molecular weight is 358 g/mol. The SMILES string of the molecule is CCn1cc(C(=O)N2CCC(n3cc(C(=O)O)nn3)CC2)c(C2CC2)n1. The number of aryl methyl sites for hydroxylation is 1. The highest BCUT2D eigenvalue weighted by molar-refractivity contribution is 5.95. The number of hydrogen-bond acceptors (Lipinski definition) is 5. The molecule has 2 fully saturated rings. The number of carboxylic acids is 1. The van der Waals surface area contributed by atoms with Crippen LogP contribution in [-0.4, -0.2) is 59.7 Å². The Morgan fingerprint density at radius 2 is 1.92 bits per heavy atom. The molecule has 9 nitrogen and oxygen atoms in total.